The number of carboxylic acid groups (broad SMARTS) is 1. The van der Waals surface area contributed by atoms with E-state index in [9.17, 15) is 14.7 Å². The summed E-state index contributed by atoms with van der Waals surface area (Å²) in [6.45, 7) is 2.18. The molecule has 0 spiro atoms. The third kappa shape index (κ3) is 3.71. The van der Waals surface area contributed by atoms with Gasteiger partial charge in [-0.2, -0.15) is 0 Å². The lowest BCUT2D eigenvalue weighted by molar-refractivity contribution is -0.149. The number of carboxylic acids is 1. The van der Waals surface area contributed by atoms with Crippen LogP contribution in [0.1, 0.15) is 36.5 Å². The van der Waals surface area contributed by atoms with Crippen molar-refractivity contribution in [3.05, 3.63) is 95.7 Å². The number of aliphatic carboxylic acids is 1. The highest BCUT2D eigenvalue weighted by Gasteiger charge is 2.51. The molecule has 0 saturated heterocycles. The molecule has 0 bridgehead atoms. The number of anilines is 1. The van der Waals surface area contributed by atoms with Gasteiger partial charge in [-0.1, -0.05) is 48.5 Å². The summed E-state index contributed by atoms with van der Waals surface area (Å²) in [5, 5.41) is 18.9. The van der Waals surface area contributed by atoms with Gasteiger partial charge in [-0.3, -0.25) is 9.59 Å². The highest BCUT2D eigenvalue weighted by Crippen LogP contribution is 2.41. The van der Waals surface area contributed by atoms with Crippen LogP contribution in [-0.2, 0) is 29.0 Å². The zero-order valence-corrected chi connectivity index (χ0v) is 23.1. The van der Waals surface area contributed by atoms with Crippen LogP contribution < -0.4 is 15.8 Å². The van der Waals surface area contributed by atoms with Gasteiger partial charge in [-0.25, -0.2) is 0 Å². The molecule has 0 radical (unpaired) electrons. The Balaban J connectivity index is 1.61. The zero-order chi connectivity index (χ0) is 25.9. The molecule has 37 heavy (non-hydrogen) atoms. The van der Waals surface area contributed by atoms with Gasteiger partial charge in [0.2, 0.25) is 5.91 Å². The number of nitrogens with one attached hydrogen (secondary N) is 1. The summed E-state index contributed by atoms with van der Waals surface area (Å²) < 4.78 is 1.24. The molecule has 1 amide bonds. The standard InChI is InChI=1S/C31H29IN2O3/c1-31(30(36)37,28-29(35)34(2)17-18-7-3-4-12-27(18)33-28)25-10-5-8-19-21-14-16-24-20(9-6-11-26(24)32)22(21)13-15-23(19)25/h3-4,6-7,9,11-13,15-16,28,33H,5,8,10,14,17H2,1-2H3,(H,36,37). The van der Waals surface area contributed by atoms with Crippen molar-refractivity contribution >= 4 is 51.8 Å². The molecule has 6 rings (SSSR count). The molecular weight excluding hydrogens is 575 g/mol. The first-order valence-corrected chi connectivity index (χ1v) is 13.8. The first kappa shape index (κ1) is 24.2. The van der Waals surface area contributed by atoms with Crippen molar-refractivity contribution in [2.45, 2.75) is 45.2 Å². The van der Waals surface area contributed by atoms with E-state index < -0.39 is 17.4 Å². The van der Waals surface area contributed by atoms with Gasteiger partial charge in [-0.15, -0.1) is 0 Å². The van der Waals surface area contributed by atoms with Gasteiger partial charge in [0.1, 0.15) is 11.5 Å². The van der Waals surface area contributed by atoms with Crippen LogP contribution in [0.15, 0.2) is 54.6 Å². The molecule has 3 aliphatic rings. The molecular formula is C31H29IN2O3. The maximum atomic E-state index is 13.7. The fraction of sp³-hybridized carbons (Fsp3) is 0.290. The van der Waals surface area contributed by atoms with Crippen molar-refractivity contribution in [1.29, 1.82) is 0 Å². The van der Waals surface area contributed by atoms with E-state index >= 15 is 0 Å². The molecule has 1 heterocycles. The Kier molecular flexibility index (Phi) is 5.90. The molecule has 2 aliphatic carbocycles. The predicted octanol–water partition coefficient (Wildman–Crippen LogP) is 3.95. The van der Waals surface area contributed by atoms with E-state index in [1.54, 1.807) is 18.9 Å². The number of benzene rings is 3. The fourth-order valence-corrected chi connectivity index (χ4v) is 7.15. The van der Waals surface area contributed by atoms with Crippen molar-refractivity contribution in [3.8, 4) is 0 Å². The van der Waals surface area contributed by atoms with E-state index in [1.165, 1.54) is 30.4 Å². The number of hydrogen-bond acceptors (Lipinski definition) is 3. The Morgan fingerprint density at radius 3 is 2.62 bits per heavy atom. The van der Waals surface area contributed by atoms with Gasteiger partial charge in [0.15, 0.2) is 0 Å². The molecule has 2 atom stereocenters. The molecule has 2 N–H and O–H groups in total. The molecule has 3 aromatic rings. The van der Waals surface area contributed by atoms with Crippen LogP contribution in [0.4, 0.5) is 5.69 Å². The number of amides is 1. The van der Waals surface area contributed by atoms with Crippen LogP contribution in [0.3, 0.4) is 0 Å². The number of fused-ring (bicyclic) bond motifs is 5. The number of nitrogens with zero attached hydrogens (tertiary/aromatic N) is 1. The maximum Gasteiger partial charge on any atom is 0.316 e. The second-order valence-corrected chi connectivity index (χ2v) is 11.7. The largest absolute Gasteiger partial charge is 0.481 e. The molecule has 0 saturated carbocycles. The van der Waals surface area contributed by atoms with Crippen molar-refractivity contribution < 1.29 is 14.7 Å². The Bertz CT molecular complexity index is 1700. The second-order valence-electron chi connectivity index (χ2n) is 10.5. The number of halogens is 1. The van der Waals surface area contributed by atoms with Gasteiger partial charge in [0.05, 0.1) is 0 Å². The molecule has 1 aliphatic heterocycles. The summed E-state index contributed by atoms with van der Waals surface area (Å²) in [5.41, 5.74) is 3.77. The van der Waals surface area contributed by atoms with Crippen molar-refractivity contribution in [1.82, 2.24) is 4.90 Å². The number of para-hydroxylation sites is 1. The van der Waals surface area contributed by atoms with E-state index in [0.717, 1.165) is 41.3 Å². The SMILES string of the molecule is CN1Cc2ccccc2NC(C(C)(C(=O)O)C2=c3ccc4c(c3CCC2)CC=c2c(I)cccc2=4)C1=O. The minimum Gasteiger partial charge on any atom is -0.481 e. The van der Waals surface area contributed by atoms with Crippen molar-refractivity contribution in [2.75, 3.05) is 12.4 Å². The van der Waals surface area contributed by atoms with Gasteiger partial charge in [-0.05, 0) is 110 Å². The Morgan fingerprint density at radius 1 is 1.03 bits per heavy atom. The maximum absolute atomic E-state index is 13.7. The summed E-state index contributed by atoms with van der Waals surface area (Å²) >= 11 is 2.39. The van der Waals surface area contributed by atoms with Crippen LogP contribution in [0.5, 0.6) is 0 Å². The minimum atomic E-state index is -1.40. The van der Waals surface area contributed by atoms with Crippen LogP contribution in [-0.4, -0.2) is 35.0 Å². The van der Waals surface area contributed by atoms with E-state index in [0.29, 0.717) is 13.0 Å². The monoisotopic (exact) mass is 604 g/mol. The van der Waals surface area contributed by atoms with Gasteiger partial charge >= 0.3 is 5.97 Å². The highest BCUT2D eigenvalue weighted by molar-refractivity contribution is 14.1. The Morgan fingerprint density at radius 2 is 1.81 bits per heavy atom. The first-order chi connectivity index (χ1) is 17.8. The summed E-state index contributed by atoms with van der Waals surface area (Å²) in [6.07, 6.45) is 5.57. The number of carbonyl (C=O) groups is 2. The Labute approximate surface area is 229 Å². The third-order valence-corrected chi connectivity index (χ3v) is 9.40. The lowest BCUT2D eigenvalue weighted by Crippen LogP contribution is -2.54. The van der Waals surface area contributed by atoms with E-state index in [2.05, 4.69) is 64.3 Å². The van der Waals surface area contributed by atoms with Crippen LogP contribution in [0.2, 0.25) is 0 Å². The highest BCUT2D eigenvalue weighted by atomic mass is 127. The molecule has 5 nitrogen and oxygen atoms in total. The van der Waals surface area contributed by atoms with Crippen molar-refractivity contribution in [3.63, 3.8) is 0 Å². The number of hydrogen-bond donors (Lipinski definition) is 2. The third-order valence-electron chi connectivity index (χ3n) is 8.46. The van der Waals surface area contributed by atoms with Gasteiger partial charge in [0.25, 0.3) is 0 Å². The number of likely N-dealkylation sites (N-methyl/N-ethyl adjacent to an activating group) is 1. The minimum absolute atomic E-state index is 0.199. The van der Waals surface area contributed by atoms with Crippen LogP contribution >= 0.6 is 22.6 Å². The topological polar surface area (TPSA) is 69.6 Å². The molecule has 2 unspecified atom stereocenters. The quantitative estimate of drug-likeness (QED) is 0.445. The molecule has 0 fully saturated rings. The van der Waals surface area contributed by atoms with Gasteiger partial charge in [0, 0.05) is 22.8 Å². The summed E-state index contributed by atoms with van der Waals surface area (Å²) in [6, 6.07) is 17.5. The van der Waals surface area contributed by atoms with E-state index in [4.69, 9.17) is 0 Å². The zero-order valence-electron chi connectivity index (χ0n) is 21.0. The lowest BCUT2D eigenvalue weighted by Gasteiger charge is -2.38. The van der Waals surface area contributed by atoms with Crippen LogP contribution in [0.25, 0.3) is 11.6 Å². The molecule has 188 valence electrons. The van der Waals surface area contributed by atoms with Gasteiger partial charge < -0.3 is 15.3 Å². The number of carbonyl (C=O) groups excluding carboxylic acids is 1. The smallest absolute Gasteiger partial charge is 0.316 e. The second kappa shape index (κ2) is 9.01. The summed E-state index contributed by atoms with van der Waals surface area (Å²) in [5.74, 6) is -1.17. The molecule has 0 aromatic heterocycles. The van der Waals surface area contributed by atoms with Crippen LogP contribution in [0, 0.1) is 19.4 Å². The average molecular weight is 604 g/mol. The normalized spacial score (nSPS) is 19.8. The molecule has 6 heteroatoms. The van der Waals surface area contributed by atoms with E-state index in [-0.39, 0.29) is 5.91 Å². The van der Waals surface area contributed by atoms with Crippen molar-refractivity contribution in [2.24, 2.45) is 5.41 Å². The predicted molar refractivity (Wildman–Crippen MR) is 153 cm³/mol. The lowest BCUT2D eigenvalue weighted by atomic mass is 9.69. The summed E-state index contributed by atoms with van der Waals surface area (Å²) in [4.78, 5) is 28.5. The fourth-order valence-electron chi connectivity index (χ4n) is 6.43. The first-order valence-electron chi connectivity index (χ1n) is 12.8. The Hall–Kier alpha value is -3.13. The van der Waals surface area contributed by atoms with E-state index in [1.807, 2.05) is 24.3 Å². The molecule has 3 aromatic carbocycles. The average Bonchev–Trinajstić information content (AvgIpc) is 3.03. The number of rotatable bonds is 3. The summed E-state index contributed by atoms with van der Waals surface area (Å²) in [7, 11) is 1.76.